The molecule has 100 valence electrons. The van der Waals surface area contributed by atoms with E-state index >= 15 is 0 Å². The van der Waals surface area contributed by atoms with Gasteiger partial charge in [-0.2, -0.15) is 0 Å². The lowest BCUT2D eigenvalue weighted by atomic mass is 9.76. The molecule has 3 atom stereocenters. The van der Waals surface area contributed by atoms with Gasteiger partial charge in [-0.25, -0.2) is 0 Å². The lowest BCUT2D eigenvalue weighted by molar-refractivity contribution is 0.317. The van der Waals surface area contributed by atoms with Gasteiger partial charge in [0.1, 0.15) is 0 Å². The number of rotatable bonds is 0. The fourth-order valence-electron chi connectivity index (χ4n) is 4.41. The second-order valence-corrected chi connectivity index (χ2v) is 6.52. The van der Waals surface area contributed by atoms with Crippen molar-refractivity contribution >= 4 is 10.9 Å². The Morgan fingerprint density at radius 1 is 1.32 bits per heavy atom. The molecule has 2 heterocycles. The van der Waals surface area contributed by atoms with Gasteiger partial charge in [-0.15, -0.1) is 0 Å². The monoisotopic (exact) mass is 254 g/mol. The molecule has 0 bridgehead atoms. The number of benzene rings is 1. The second kappa shape index (κ2) is 3.86. The molecule has 1 aromatic heterocycles. The first kappa shape index (κ1) is 11.5. The normalized spacial score (nSPS) is 30.6. The van der Waals surface area contributed by atoms with Crippen molar-refractivity contribution in [1.29, 1.82) is 0 Å². The first-order valence-electron chi connectivity index (χ1n) is 7.47. The van der Waals surface area contributed by atoms with Gasteiger partial charge in [-0.1, -0.05) is 18.2 Å². The zero-order valence-electron chi connectivity index (χ0n) is 12.0. The Bertz CT molecular complexity index is 640. The van der Waals surface area contributed by atoms with Crippen molar-refractivity contribution in [3.8, 4) is 0 Å². The SMILES string of the molecule is Cc1cccc2c3c([nH]c12)CC[C@H]1CN(C)C(C)[C@@H]31. The Morgan fingerprint density at radius 3 is 3.00 bits per heavy atom. The number of fused-ring (bicyclic) bond motifs is 5. The summed E-state index contributed by atoms with van der Waals surface area (Å²) in [6, 6.07) is 7.40. The molecule has 2 aliphatic rings. The van der Waals surface area contributed by atoms with E-state index < -0.39 is 0 Å². The summed E-state index contributed by atoms with van der Waals surface area (Å²) in [5.41, 5.74) is 5.89. The average molecular weight is 254 g/mol. The minimum atomic E-state index is 0.670. The summed E-state index contributed by atoms with van der Waals surface area (Å²) in [5, 5.41) is 1.48. The largest absolute Gasteiger partial charge is 0.358 e. The molecule has 0 saturated carbocycles. The van der Waals surface area contributed by atoms with Crippen LogP contribution >= 0.6 is 0 Å². The molecule has 0 spiro atoms. The third-order valence-electron chi connectivity index (χ3n) is 5.51. The molecule has 1 aliphatic carbocycles. The van der Waals surface area contributed by atoms with Crippen LogP contribution < -0.4 is 0 Å². The van der Waals surface area contributed by atoms with Crippen LogP contribution in [0.25, 0.3) is 10.9 Å². The van der Waals surface area contributed by atoms with Crippen molar-refractivity contribution in [3.05, 3.63) is 35.0 Å². The number of H-pyrrole nitrogens is 1. The summed E-state index contributed by atoms with van der Waals surface area (Å²) in [7, 11) is 2.28. The van der Waals surface area contributed by atoms with E-state index in [2.05, 4.69) is 49.0 Å². The molecule has 1 saturated heterocycles. The summed E-state index contributed by atoms with van der Waals surface area (Å²) in [5.74, 6) is 1.58. The molecule has 2 heteroatoms. The van der Waals surface area contributed by atoms with Crippen LogP contribution in [0.1, 0.15) is 36.1 Å². The van der Waals surface area contributed by atoms with Gasteiger partial charge in [0.25, 0.3) is 0 Å². The maximum Gasteiger partial charge on any atom is 0.0488 e. The van der Waals surface area contributed by atoms with E-state index in [1.54, 1.807) is 5.56 Å². The number of aromatic nitrogens is 1. The van der Waals surface area contributed by atoms with Crippen LogP contribution in [0, 0.1) is 12.8 Å². The zero-order valence-corrected chi connectivity index (χ0v) is 12.0. The Kier molecular flexibility index (Phi) is 2.34. The smallest absolute Gasteiger partial charge is 0.0488 e. The van der Waals surface area contributed by atoms with Crippen LogP contribution in [-0.4, -0.2) is 29.5 Å². The average Bonchev–Trinajstić information content (AvgIpc) is 2.90. The summed E-state index contributed by atoms with van der Waals surface area (Å²) >= 11 is 0. The van der Waals surface area contributed by atoms with Crippen LogP contribution in [0.15, 0.2) is 18.2 Å². The number of likely N-dealkylation sites (tertiary alicyclic amines) is 1. The number of hydrogen-bond donors (Lipinski definition) is 1. The van der Waals surface area contributed by atoms with Crippen molar-refractivity contribution in [1.82, 2.24) is 9.88 Å². The van der Waals surface area contributed by atoms with Crippen molar-refractivity contribution in [2.75, 3.05) is 13.6 Å². The standard InChI is InChI=1S/C17H22N2/c1-10-5-4-6-13-16-14(18-17(10)13)8-7-12-9-19(3)11(2)15(12)16/h4-6,11-12,15,18H,7-9H2,1-3H3/t11?,12-,15+/m0/s1. The van der Waals surface area contributed by atoms with E-state index in [4.69, 9.17) is 0 Å². The van der Waals surface area contributed by atoms with Gasteiger partial charge >= 0.3 is 0 Å². The van der Waals surface area contributed by atoms with Gasteiger partial charge in [-0.05, 0) is 50.8 Å². The first-order valence-corrected chi connectivity index (χ1v) is 7.47. The Balaban J connectivity index is 1.97. The van der Waals surface area contributed by atoms with Crippen LogP contribution in [0.2, 0.25) is 0 Å². The summed E-state index contributed by atoms with van der Waals surface area (Å²) in [6.45, 7) is 5.88. The quantitative estimate of drug-likeness (QED) is 0.763. The van der Waals surface area contributed by atoms with E-state index in [0.29, 0.717) is 6.04 Å². The first-order chi connectivity index (χ1) is 9.16. The molecule has 2 aromatic rings. The van der Waals surface area contributed by atoms with E-state index in [-0.39, 0.29) is 0 Å². The molecule has 4 rings (SSSR count). The van der Waals surface area contributed by atoms with Gasteiger partial charge < -0.3 is 9.88 Å². The van der Waals surface area contributed by atoms with Crippen molar-refractivity contribution in [3.63, 3.8) is 0 Å². The number of para-hydroxylation sites is 1. The van der Waals surface area contributed by atoms with Gasteiger partial charge in [0, 0.05) is 35.1 Å². The Hall–Kier alpha value is -1.28. The molecule has 1 aliphatic heterocycles. The number of nitrogens with one attached hydrogen (secondary N) is 1. The van der Waals surface area contributed by atoms with E-state index in [1.165, 1.54) is 41.5 Å². The molecule has 1 fully saturated rings. The predicted octanol–water partition coefficient (Wildman–Crippen LogP) is 3.46. The molecular weight excluding hydrogens is 232 g/mol. The minimum absolute atomic E-state index is 0.670. The highest BCUT2D eigenvalue weighted by molar-refractivity contribution is 5.88. The molecular formula is C17H22N2. The summed E-state index contributed by atoms with van der Waals surface area (Å²) in [4.78, 5) is 6.25. The molecule has 2 nitrogen and oxygen atoms in total. The van der Waals surface area contributed by atoms with E-state index in [9.17, 15) is 0 Å². The third-order valence-corrected chi connectivity index (χ3v) is 5.51. The molecule has 1 aromatic carbocycles. The van der Waals surface area contributed by atoms with Crippen molar-refractivity contribution < 1.29 is 0 Å². The Morgan fingerprint density at radius 2 is 2.16 bits per heavy atom. The Labute approximate surface area is 114 Å². The highest BCUT2D eigenvalue weighted by atomic mass is 15.2. The van der Waals surface area contributed by atoms with Crippen molar-refractivity contribution in [2.24, 2.45) is 5.92 Å². The molecule has 19 heavy (non-hydrogen) atoms. The number of aryl methyl sites for hydroxylation is 2. The number of likely N-dealkylation sites (N-methyl/N-ethyl adjacent to an activating group) is 1. The highest BCUT2D eigenvalue weighted by Gasteiger charge is 2.42. The summed E-state index contributed by atoms with van der Waals surface area (Å²) < 4.78 is 0. The molecule has 1 unspecified atom stereocenters. The topological polar surface area (TPSA) is 19.0 Å². The lowest BCUT2D eigenvalue weighted by Crippen LogP contribution is -2.26. The van der Waals surface area contributed by atoms with Crippen LogP contribution in [-0.2, 0) is 6.42 Å². The van der Waals surface area contributed by atoms with Gasteiger partial charge in [0.2, 0.25) is 0 Å². The zero-order chi connectivity index (χ0) is 13.1. The van der Waals surface area contributed by atoms with Gasteiger partial charge in [0.15, 0.2) is 0 Å². The van der Waals surface area contributed by atoms with Gasteiger partial charge in [0.05, 0.1) is 0 Å². The molecule has 0 radical (unpaired) electrons. The maximum absolute atomic E-state index is 3.71. The van der Waals surface area contributed by atoms with Crippen LogP contribution in [0.5, 0.6) is 0 Å². The molecule has 0 amide bonds. The second-order valence-electron chi connectivity index (χ2n) is 6.52. The van der Waals surface area contributed by atoms with E-state index in [0.717, 1.165) is 11.8 Å². The van der Waals surface area contributed by atoms with Gasteiger partial charge in [-0.3, -0.25) is 0 Å². The third kappa shape index (κ3) is 1.47. The van der Waals surface area contributed by atoms with Crippen molar-refractivity contribution in [2.45, 2.75) is 38.6 Å². The van der Waals surface area contributed by atoms with Crippen LogP contribution in [0.3, 0.4) is 0 Å². The molecule has 1 N–H and O–H groups in total. The summed E-state index contributed by atoms with van der Waals surface area (Å²) in [6.07, 6.45) is 2.57. The number of hydrogen-bond acceptors (Lipinski definition) is 1. The lowest BCUT2D eigenvalue weighted by Gasteiger charge is -2.28. The minimum Gasteiger partial charge on any atom is -0.358 e. The van der Waals surface area contributed by atoms with Crippen LogP contribution in [0.4, 0.5) is 0 Å². The number of aromatic amines is 1. The predicted molar refractivity (Wildman–Crippen MR) is 79.7 cm³/mol. The fraction of sp³-hybridized carbons (Fsp3) is 0.529. The number of nitrogens with zero attached hydrogens (tertiary/aromatic N) is 1. The van der Waals surface area contributed by atoms with E-state index in [1.807, 2.05) is 0 Å². The maximum atomic E-state index is 3.71. The highest BCUT2D eigenvalue weighted by Crippen LogP contribution is 2.47. The fourth-order valence-corrected chi connectivity index (χ4v) is 4.41.